The average Bonchev–Trinajstić information content (AvgIpc) is 3.24. The number of halogens is 2. The van der Waals surface area contributed by atoms with E-state index in [9.17, 15) is 13.8 Å². The van der Waals surface area contributed by atoms with Crippen LogP contribution in [-0.4, -0.2) is 34.1 Å². The Morgan fingerprint density at radius 1 is 1.06 bits per heavy atom. The molecule has 0 bridgehead atoms. The summed E-state index contributed by atoms with van der Waals surface area (Å²) in [4.78, 5) is 25.6. The maximum absolute atomic E-state index is 13.1. The highest BCUT2D eigenvalue weighted by Crippen LogP contribution is 2.41. The lowest BCUT2D eigenvalue weighted by Gasteiger charge is -2.29. The zero-order valence-corrected chi connectivity index (χ0v) is 21.3. The van der Waals surface area contributed by atoms with Gasteiger partial charge in [0.1, 0.15) is 0 Å². The van der Waals surface area contributed by atoms with Crippen LogP contribution in [0.15, 0.2) is 42.5 Å². The number of benzene rings is 2. The van der Waals surface area contributed by atoms with Crippen molar-refractivity contribution in [3.05, 3.63) is 63.6 Å². The topological polar surface area (TPSA) is 75.3 Å². The molecule has 2 aromatic rings. The van der Waals surface area contributed by atoms with E-state index in [1.165, 1.54) is 0 Å². The van der Waals surface area contributed by atoms with Crippen molar-refractivity contribution in [1.82, 2.24) is 5.32 Å². The number of carbonyl (C=O) groups excluding carboxylic acids is 2. The molecule has 5 nitrogen and oxygen atoms in total. The van der Waals surface area contributed by atoms with E-state index in [0.29, 0.717) is 34.3 Å². The van der Waals surface area contributed by atoms with Gasteiger partial charge in [0.25, 0.3) is 5.91 Å². The third kappa shape index (κ3) is 6.81. The largest absolute Gasteiger partial charge is 0.353 e. The molecular formula is C25H30Cl2N2O3S. The number of amides is 2. The third-order valence-electron chi connectivity index (χ3n) is 6.23. The van der Waals surface area contributed by atoms with Crippen molar-refractivity contribution in [1.29, 1.82) is 0 Å². The monoisotopic (exact) mass is 508 g/mol. The van der Waals surface area contributed by atoms with Gasteiger partial charge in [-0.05, 0) is 62.4 Å². The van der Waals surface area contributed by atoms with Crippen molar-refractivity contribution in [3.8, 4) is 0 Å². The molecule has 178 valence electrons. The van der Waals surface area contributed by atoms with Gasteiger partial charge in [-0.2, -0.15) is 0 Å². The molecule has 0 radical (unpaired) electrons. The fourth-order valence-corrected chi connectivity index (χ4v) is 5.64. The summed E-state index contributed by atoms with van der Waals surface area (Å²) in [7, 11) is -0.895. The molecular weight excluding hydrogens is 479 g/mol. The Bertz CT molecular complexity index is 1000. The van der Waals surface area contributed by atoms with Crippen LogP contribution in [0.2, 0.25) is 10.0 Å². The number of carbonyl (C=O) groups is 2. The Labute approximate surface area is 208 Å². The van der Waals surface area contributed by atoms with E-state index in [1.54, 1.807) is 24.5 Å². The summed E-state index contributed by atoms with van der Waals surface area (Å²) in [5.74, 6) is 0.279. The summed E-state index contributed by atoms with van der Waals surface area (Å²) in [6, 6.07) is 12.4. The van der Waals surface area contributed by atoms with E-state index in [-0.39, 0.29) is 28.8 Å². The highest BCUT2D eigenvalue weighted by molar-refractivity contribution is 7.84. The Morgan fingerprint density at radius 3 is 2.24 bits per heavy atom. The molecule has 1 aliphatic carbocycles. The van der Waals surface area contributed by atoms with Gasteiger partial charge in [0.05, 0.1) is 21.0 Å². The van der Waals surface area contributed by atoms with Crippen molar-refractivity contribution >= 4 is 51.5 Å². The zero-order valence-electron chi connectivity index (χ0n) is 19.0. The number of hydrogen-bond donors (Lipinski definition) is 2. The van der Waals surface area contributed by atoms with Gasteiger partial charge in [-0.15, -0.1) is 0 Å². The second-order valence-electron chi connectivity index (χ2n) is 8.84. The standard InChI is InChI=1S/C25H30Cl2N2O3S/c1-17(28-24(31)25(12-3-4-13-25)14-15-33(2)32)16-18-8-10-19(11-9-18)29-23(30)22-20(26)6-5-7-21(22)27/h5-11,17H,3-4,12-16H2,1-2H3,(H,28,31)(H,29,30). The highest BCUT2D eigenvalue weighted by Gasteiger charge is 2.41. The molecule has 33 heavy (non-hydrogen) atoms. The molecule has 1 saturated carbocycles. The Balaban J connectivity index is 1.57. The van der Waals surface area contributed by atoms with Gasteiger partial charge in [0, 0.05) is 34.5 Å². The molecule has 3 rings (SSSR count). The Kier molecular flexibility index (Phi) is 8.96. The van der Waals surface area contributed by atoms with E-state index < -0.39 is 10.8 Å². The van der Waals surface area contributed by atoms with Crippen molar-refractivity contribution in [2.24, 2.45) is 5.41 Å². The lowest BCUT2D eigenvalue weighted by atomic mass is 9.82. The van der Waals surface area contributed by atoms with E-state index in [4.69, 9.17) is 23.2 Å². The van der Waals surface area contributed by atoms with Gasteiger partial charge in [0.2, 0.25) is 5.91 Å². The van der Waals surface area contributed by atoms with Gasteiger partial charge in [-0.1, -0.05) is 54.2 Å². The number of nitrogens with one attached hydrogen (secondary N) is 2. The summed E-state index contributed by atoms with van der Waals surface area (Å²) in [6.07, 6.45) is 6.87. The summed E-state index contributed by atoms with van der Waals surface area (Å²) in [6.45, 7) is 1.99. The van der Waals surface area contributed by atoms with Crippen molar-refractivity contribution in [3.63, 3.8) is 0 Å². The molecule has 0 spiro atoms. The molecule has 2 N–H and O–H groups in total. The van der Waals surface area contributed by atoms with Crippen LogP contribution < -0.4 is 10.6 Å². The second kappa shape index (κ2) is 11.5. The van der Waals surface area contributed by atoms with Gasteiger partial charge in [-0.25, -0.2) is 0 Å². The van der Waals surface area contributed by atoms with E-state index in [0.717, 1.165) is 31.2 Å². The quantitative estimate of drug-likeness (QED) is 0.461. The SMILES string of the molecule is CC(Cc1ccc(NC(=O)c2c(Cl)cccc2Cl)cc1)NC(=O)C1(CCS(C)=O)CCCC1. The molecule has 2 amide bonds. The maximum Gasteiger partial charge on any atom is 0.258 e. The van der Waals surface area contributed by atoms with Crippen LogP contribution in [0.1, 0.15) is 54.9 Å². The van der Waals surface area contributed by atoms with Crippen LogP contribution >= 0.6 is 23.2 Å². The Morgan fingerprint density at radius 2 is 1.67 bits per heavy atom. The predicted octanol–water partition coefficient (Wildman–Crippen LogP) is 5.62. The molecule has 8 heteroatoms. The number of hydrogen-bond acceptors (Lipinski definition) is 3. The molecule has 2 unspecified atom stereocenters. The van der Waals surface area contributed by atoms with Crippen LogP contribution in [-0.2, 0) is 22.0 Å². The first-order valence-corrected chi connectivity index (χ1v) is 13.6. The first-order valence-electron chi connectivity index (χ1n) is 11.2. The van der Waals surface area contributed by atoms with E-state index in [2.05, 4.69) is 10.6 Å². The van der Waals surface area contributed by atoms with Crippen molar-refractivity contribution in [2.75, 3.05) is 17.3 Å². The fourth-order valence-electron chi connectivity index (χ4n) is 4.40. The Hall–Kier alpha value is -1.89. The van der Waals surface area contributed by atoms with E-state index in [1.807, 2.05) is 31.2 Å². The van der Waals surface area contributed by atoms with Crippen molar-refractivity contribution in [2.45, 2.75) is 51.5 Å². The minimum absolute atomic E-state index is 0.0375. The number of anilines is 1. The molecule has 0 aromatic heterocycles. The average molecular weight is 509 g/mol. The lowest BCUT2D eigenvalue weighted by Crippen LogP contribution is -2.44. The first-order chi connectivity index (χ1) is 15.7. The molecule has 2 atom stereocenters. The zero-order chi connectivity index (χ0) is 24.0. The highest BCUT2D eigenvalue weighted by atomic mass is 35.5. The van der Waals surface area contributed by atoms with Crippen LogP contribution in [0.25, 0.3) is 0 Å². The molecule has 0 heterocycles. The maximum atomic E-state index is 13.1. The smallest absolute Gasteiger partial charge is 0.258 e. The van der Waals surface area contributed by atoms with Gasteiger partial charge in [-0.3, -0.25) is 13.8 Å². The molecule has 2 aromatic carbocycles. The summed E-state index contributed by atoms with van der Waals surface area (Å²) in [5.41, 5.74) is 1.54. The lowest BCUT2D eigenvalue weighted by molar-refractivity contribution is -0.131. The van der Waals surface area contributed by atoms with Gasteiger partial charge >= 0.3 is 0 Å². The summed E-state index contributed by atoms with van der Waals surface area (Å²) in [5, 5.41) is 6.59. The van der Waals surface area contributed by atoms with Crippen LogP contribution in [0.5, 0.6) is 0 Å². The number of rotatable bonds is 9. The van der Waals surface area contributed by atoms with Crippen LogP contribution in [0, 0.1) is 5.41 Å². The van der Waals surface area contributed by atoms with E-state index >= 15 is 0 Å². The molecule has 0 saturated heterocycles. The minimum atomic E-state index is -0.895. The third-order valence-corrected chi connectivity index (χ3v) is 7.64. The normalized spacial score (nSPS) is 16.7. The van der Waals surface area contributed by atoms with Gasteiger partial charge in [0.15, 0.2) is 0 Å². The van der Waals surface area contributed by atoms with Crippen LogP contribution in [0.3, 0.4) is 0 Å². The predicted molar refractivity (Wildman–Crippen MR) is 137 cm³/mol. The first kappa shape index (κ1) is 25.7. The minimum Gasteiger partial charge on any atom is -0.353 e. The van der Waals surface area contributed by atoms with Gasteiger partial charge < -0.3 is 10.6 Å². The molecule has 1 fully saturated rings. The van der Waals surface area contributed by atoms with Crippen molar-refractivity contribution < 1.29 is 13.8 Å². The second-order valence-corrected chi connectivity index (χ2v) is 11.2. The molecule has 1 aliphatic rings. The molecule has 0 aliphatic heterocycles. The summed E-state index contributed by atoms with van der Waals surface area (Å²) < 4.78 is 11.6. The van der Waals surface area contributed by atoms with Crippen LogP contribution in [0.4, 0.5) is 5.69 Å². The fraction of sp³-hybridized carbons (Fsp3) is 0.440. The summed E-state index contributed by atoms with van der Waals surface area (Å²) >= 11 is 12.2.